The second-order valence-electron chi connectivity index (χ2n) is 4.32. The summed E-state index contributed by atoms with van der Waals surface area (Å²) in [7, 11) is 0. The van der Waals surface area contributed by atoms with Gasteiger partial charge < -0.3 is 10.6 Å². The monoisotopic (exact) mass is 260 g/mol. The molecule has 1 heterocycles. The van der Waals surface area contributed by atoms with Crippen LogP contribution in [-0.2, 0) is 6.54 Å². The Hall–Kier alpha value is -1.81. The Balaban J connectivity index is 1.90. The minimum Gasteiger partial charge on any atom is -0.334 e. The van der Waals surface area contributed by atoms with Gasteiger partial charge in [-0.3, -0.25) is 0 Å². The highest BCUT2D eigenvalue weighted by atomic mass is 32.1. The maximum atomic E-state index is 11.7. The lowest BCUT2D eigenvalue weighted by Crippen LogP contribution is -2.28. The first-order valence-electron chi connectivity index (χ1n) is 5.78. The number of carbonyl (C=O) groups excluding carboxylic acids is 1. The summed E-state index contributed by atoms with van der Waals surface area (Å²) in [6.07, 6.45) is 0. The number of thiophene rings is 1. The maximum absolute atomic E-state index is 11.7. The van der Waals surface area contributed by atoms with E-state index in [1.54, 1.807) is 11.3 Å². The number of anilines is 1. The van der Waals surface area contributed by atoms with Crippen LogP contribution in [-0.4, -0.2) is 6.03 Å². The van der Waals surface area contributed by atoms with Gasteiger partial charge in [-0.25, -0.2) is 4.79 Å². The van der Waals surface area contributed by atoms with Crippen LogP contribution < -0.4 is 10.6 Å². The maximum Gasteiger partial charge on any atom is 0.319 e. The highest BCUT2D eigenvalue weighted by Crippen LogP contribution is 2.13. The molecular weight excluding hydrogens is 244 g/mol. The number of amides is 2. The van der Waals surface area contributed by atoms with Crippen molar-refractivity contribution in [1.82, 2.24) is 5.32 Å². The van der Waals surface area contributed by atoms with E-state index in [-0.39, 0.29) is 6.03 Å². The average Bonchev–Trinajstić information content (AvgIpc) is 2.77. The Morgan fingerprint density at radius 1 is 1.22 bits per heavy atom. The Bertz CT molecular complexity index is 514. The molecule has 0 atom stereocenters. The first-order valence-corrected chi connectivity index (χ1v) is 6.72. The molecule has 18 heavy (non-hydrogen) atoms. The minimum atomic E-state index is -0.175. The third-order valence-electron chi connectivity index (χ3n) is 2.51. The van der Waals surface area contributed by atoms with Gasteiger partial charge in [0.1, 0.15) is 0 Å². The lowest BCUT2D eigenvalue weighted by Gasteiger charge is -2.08. The lowest BCUT2D eigenvalue weighted by molar-refractivity contribution is 0.252. The topological polar surface area (TPSA) is 41.1 Å². The van der Waals surface area contributed by atoms with Crippen molar-refractivity contribution in [3.63, 3.8) is 0 Å². The summed E-state index contributed by atoms with van der Waals surface area (Å²) in [5.41, 5.74) is 4.23. The Morgan fingerprint density at radius 2 is 1.94 bits per heavy atom. The predicted octanol–water partition coefficient (Wildman–Crippen LogP) is 3.69. The lowest BCUT2D eigenvalue weighted by atomic mass is 10.1. The number of hydrogen-bond donors (Lipinski definition) is 2. The van der Waals surface area contributed by atoms with E-state index in [1.165, 1.54) is 0 Å². The Kier molecular flexibility index (Phi) is 3.99. The average molecular weight is 260 g/mol. The molecule has 1 aromatic carbocycles. The molecule has 3 nitrogen and oxygen atoms in total. The van der Waals surface area contributed by atoms with Crippen LogP contribution in [0.25, 0.3) is 0 Å². The van der Waals surface area contributed by atoms with Gasteiger partial charge >= 0.3 is 6.03 Å². The summed E-state index contributed by atoms with van der Waals surface area (Å²) in [5, 5.41) is 9.69. The zero-order valence-electron chi connectivity index (χ0n) is 10.5. The number of carbonyl (C=O) groups is 1. The number of nitrogens with one attached hydrogen (secondary N) is 2. The van der Waals surface area contributed by atoms with Crippen LogP contribution in [0.1, 0.15) is 16.7 Å². The molecule has 1 aromatic heterocycles. The fourth-order valence-corrected chi connectivity index (χ4v) is 2.47. The van der Waals surface area contributed by atoms with Crippen LogP contribution in [0.4, 0.5) is 10.5 Å². The molecule has 0 fully saturated rings. The van der Waals surface area contributed by atoms with Crippen LogP contribution in [0.15, 0.2) is 35.0 Å². The quantitative estimate of drug-likeness (QED) is 0.868. The molecule has 4 heteroatoms. The molecule has 0 aliphatic carbocycles. The standard InChI is InChI=1S/C14H16N2OS/c1-10-5-11(2)7-13(6-10)16-14(17)15-8-12-3-4-18-9-12/h3-7,9H,8H2,1-2H3,(H2,15,16,17). The highest BCUT2D eigenvalue weighted by Gasteiger charge is 2.02. The van der Waals surface area contributed by atoms with Gasteiger partial charge in [0.15, 0.2) is 0 Å². The number of aryl methyl sites for hydroxylation is 2. The van der Waals surface area contributed by atoms with Crippen molar-refractivity contribution < 1.29 is 4.79 Å². The summed E-state index contributed by atoms with van der Waals surface area (Å²) < 4.78 is 0. The summed E-state index contributed by atoms with van der Waals surface area (Å²) in [4.78, 5) is 11.7. The van der Waals surface area contributed by atoms with Gasteiger partial charge in [-0.2, -0.15) is 11.3 Å². The van der Waals surface area contributed by atoms with Crippen LogP contribution in [0.2, 0.25) is 0 Å². The zero-order valence-corrected chi connectivity index (χ0v) is 11.3. The van der Waals surface area contributed by atoms with E-state index < -0.39 is 0 Å². The molecule has 0 saturated carbocycles. The molecule has 2 aromatic rings. The SMILES string of the molecule is Cc1cc(C)cc(NC(=O)NCc2ccsc2)c1. The summed E-state index contributed by atoms with van der Waals surface area (Å²) >= 11 is 1.63. The first-order chi connectivity index (χ1) is 8.63. The second kappa shape index (κ2) is 5.69. The predicted molar refractivity (Wildman–Crippen MR) is 76.1 cm³/mol. The normalized spacial score (nSPS) is 10.1. The molecule has 0 aliphatic rings. The number of urea groups is 1. The largest absolute Gasteiger partial charge is 0.334 e. The molecular formula is C14H16N2OS. The molecule has 94 valence electrons. The van der Waals surface area contributed by atoms with Crippen LogP contribution >= 0.6 is 11.3 Å². The van der Waals surface area contributed by atoms with Gasteiger partial charge in [0.25, 0.3) is 0 Å². The number of hydrogen-bond acceptors (Lipinski definition) is 2. The summed E-state index contributed by atoms with van der Waals surface area (Å²) in [5.74, 6) is 0. The molecule has 0 bridgehead atoms. The first kappa shape index (κ1) is 12.6. The summed E-state index contributed by atoms with van der Waals surface area (Å²) in [6, 6.07) is 7.82. The van der Waals surface area contributed by atoms with Crippen molar-refractivity contribution in [2.45, 2.75) is 20.4 Å². The van der Waals surface area contributed by atoms with Gasteiger partial charge in [0.05, 0.1) is 0 Å². The molecule has 0 radical (unpaired) electrons. The van der Waals surface area contributed by atoms with Crippen LogP contribution in [0.3, 0.4) is 0 Å². The van der Waals surface area contributed by atoms with E-state index in [0.29, 0.717) is 6.54 Å². The van der Waals surface area contributed by atoms with Gasteiger partial charge in [0.2, 0.25) is 0 Å². The van der Waals surface area contributed by atoms with Crippen LogP contribution in [0.5, 0.6) is 0 Å². The highest BCUT2D eigenvalue weighted by molar-refractivity contribution is 7.07. The Labute approximate surface area is 111 Å². The van der Waals surface area contributed by atoms with Crippen molar-refractivity contribution in [1.29, 1.82) is 0 Å². The third kappa shape index (κ3) is 3.60. The number of rotatable bonds is 3. The fourth-order valence-electron chi connectivity index (χ4n) is 1.80. The Morgan fingerprint density at radius 3 is 2.56 bits per heavy atom. The molecule has 2 N–H and O–H groups in total. The molecule has 2 amide bonds. The van der Waals surface area contributed by atoms with Gasteiger partial charge in [-0.1, -0.05) is 6.07 Å². The van der Waals surface area contributed by atoms with E-state index in [2.05, 4.69) is 16.7 Å². The van der Waals surface area contributed by atoms with Crippen LogP contribution in [0, 0.1) is 13.8 Å². The second-order valence-corrected chi connectivity index (χ2v) is 5.10. The fraction of sp³-hybridized carbons (Fsp3) is 0.214. The minimum absolute atomic E-state index is 0.175. The van der Waals surface area contributed by atoms with E-state index in [9.17, 15) is 4.79 Å². The molecule has 0 saturated heterocycles. The van der Waals surface area contributed by atoms with E-state index in [4.69, 9.17) is 0 Å². The van der Waals surface area contributed by atoms with Crippen molar-refractivity contribution in [2.24, 2.45) is 0 Å². The smallest absolute Gasteiger partial charge is 0.319 e. The molecule has 0 aliphatic heterocycles. The summed E-state index contributed by atoms with van der Waals surface area (Å²) in [6.45, 7) is 4.59. The van der Waals surface area contributed by atoms with Crippen molar-refractivity contribution in [3.8, 4) is 0 Å². The van der Waals surface area contributed by atoms with Crippen molar-refractivity contribution >= 4 is 23.1 Å². The van der Waals surface area contributed by atoms with E-state index >= 15 is 0 Å². The zero-order chi connectivity index (χ0) is 13.0. The van der Waals surface area contributed by atoms with E-state index in [1.807, 2.05) is 42.8 Å². The van der Waals surface area contributed by atoms with Crippen molar-refractivity contribution in [3.05, 3.63) is 51.7 Å². The van der Waals surface area contributed by atoms with Gasteiger partial charge in [-0.05, 0) is 59.5 Å². The molecule has 0 spiro atoms. The molecule has 0 unspecified atom stereocenters. The molecule has 2 rings (SSSR count). The van der Waals surface area contributed by atoms with Gasteiger partial charge in [-0.15, -0.1) is 0 Å². The number of benzene rings is 1. The van der Waals surface area contributed by atoms with Gasteiger partial charge in [0, 0.05) is 12.2 Å². The van der Waals surface area contributed by atoms with E-state index in [0.717, 1.165) is 22.4 Å². The third-order valence-corrected chi connectivity index (χ3v) is 3.24. The van der Waals surface area contributed by atoms with Crippen molar-refractivity contribution in [2.75, 3.05) is 5.32 Å².